The Hall–Kier alpha value is -1.49. The first-order chi connectivity index (χ1) is 10.2. The van der Waals surface area contributed by atoms with Gasteiger partial charge in [-0.15, -0.1) is 0 Å². The van der Waals surface area contributed by atoms with Crippen LogP contribution in [0.15, 0.2) is 52.3 Å². The SMILES string of the molecule is COC(C)OC(C)c1cccc2c1Nc1ccccc1S2. The van der Waals surface area contributed by atoms with Crippen LogP contribution < -0.4 is 5.32 Å². The van der Waals surface area contributed by atoms with E-state index in [-0.39, 0.29) is 12.4 Å². The topological polar surface area (TPSA) is 30.5 Å². The smallest absolute Gasteiger partial charge is 0.155 e. The number of ether oxygens (including phenoxy) is 2. The number of rotatable bonds is 4. The van der Waals surface area contributed by atoms with Gasteiger partial charge in [0.25, 0.3) is 0 Å². The second kappa shape index (κ2) is 6.10. The number of para-hydroxylation sites is 2. The zero-order valence-electron chi connectivity index (χ0n) is 12.4. The summed E-state index contributed by atoms with van der Waals surface area (Å²) in [5.74, 6) is 0. The Morgan fingerprint density at radius 2 is 1.76 bits per heavy atom. The number of methoxy groups -OCH3 is 1. The maximum atomic E-state index is 5.87. The molecule has 1 aliphatic rings. The molecule has 0 aromatic heterocycles. The predicted molar refractivity (Wildman–Crippen MR) is 86.3 cm³/mol. The molecule has 4 heteroatoms. The molecule has 0 aliphatic carbocycles. The average Bonchev–Trinajstić information content (AvgIpc) is 2.52. The number of fused-ring (bicyclic) bond motifs is 2. The van der Waals surface area contributed by atoms with Crippen molar-refractivity contribution in [3.05, 3.63) is 48.0 Å². The van der Waals surface area contributed by atoms with E-state index in [0.29, 0.717) is 0 Å². The second-order valence-electron chi connectivity index (χ2n) is 5.03. The van der Waals surface area contributed by atoms with Gasteiger partial charge in [-0.25, -0.2) is 0 Å². The molecule has 3 rings (SSSR count). The highest BCUT2D eigenvalue weighted by atomic mass is 32.2. The van der Waals surface area contributed by atoms with E-state index >= 15 is 0 Å². The van der Waals surface area contributed by atoms with Crippen LogP contribution in [-0.2, 0) is 9.47 Å². The zero-order chi connectivity index (χ0) is 14.8. The zero-order valence-corrected chi connectivity index (χ0v) is 13.2. The van der Waals surface area contributed by atoms with Crippen LogP contribution in [-0.4, -0.2) is 13.4 Å². The van der Waals surface area contributed by atoms with Gasteiger partial charge in [0, 0.05) is 22.5 Å². The summed E-state index contributed by atoms with van der Waals surface area (Å²) in [4.78, 5) is 2.48. The molecule has 0 fully saturated rings. The van der Waals surface area contributed by atoms with Crippen molar-refractivity contribution in [3.8, 4) is 0 Å². The van der Waals surface area contributed by atoms with Crippen molar-refractivity contribution in [2.45, 2.75) is 36.0 Å². The normalized spacial score (nSPS) is 15.6. The lowest BCUT2D eigenvalue weighted by Gasteiger charge is -2.26. The fourth-order valence-electron chi connectivity index (χ4n) is 2.43. The lowest BCUT2D eigenvalue weighted by molar-refractivity contribution is -0.140. The van der Waals surface area contributed by atoms with Gasteiger partial charge in [-0.1, -0.05) is 36.0 Å². The van der Waals surface area contributed by atoms with E-state index in [0.717, 1.165) is 16.9 Å². The lowest BCUT2D eigenvalue weighted by Crippen LogP contribution is -2.15. The molecular formula is C17H19NO2S. The third kappa shape index (κ3) is 2.93. The van der Waals surface area contributed by atoms with Gasteiger partial charge in [0.2, 0.25) is 0 Å². The van der Waals surface area contributed by atoms with Crippen LogP contribution in [0, 0.1) is 0 Å². The first-order valence-corrected chi connectivity index (χ1v) is 7.85. The molecule has 1 N–H and O–H groups in total. The van der Waals surface area contributed by atoms with Crippen LogP contribution in [0.2, 0.25) is 0 Å². The van der Waals surface area contributed by atoms with Crippen LogP contribution in [0.1, 0.15) is 25.5 Å². The number of nitrogens with one attached hydrogen (secondary N) is 1. The van der Waals surface area contributed by atoms with Gasteiger partial charge in [0.05, 0.1) is 17.5 Å². The molecule has 0 radical (unpaired) electrons. The van der Waals surface area contributed by atoms with E-state index in [1.54, 1.807) is 18.9 Å². The molecule has 1 aliphatic heterocycles. The Bertz CT molecular complexity index is 644. The van der Waals surface area contributed by atoms with E-state index in [9.17, 15) is 0 Å². The van der Waals surface area contributed by atoms with Crippen molar-refractivity contribution in [2.24, 2.45) is 0 Å². The molecule has 2 aromatic rings. The second-order valence-corrected chi connectivity index (χ2v) is 6.11. The molecule has 0 bridgehead atoms. The number of anilines is 2. The Kier molecular flexibility index (Phi) is 4.19. The van der Waals surface area contributed by atoms with E-state index in [2.05, 4.69) is 48.6 Å². The molecule has 0 amide bonds. The molecule has 3 nitrogen and oxygen atoms in total. The molecule has 1 heterocycles. The molecule has 110 valence electrons. The fourth-order valence-corrected chi connectivity index (χ4v) is 3.46. The third-order valence-corrected chi connectivity index (χ3v) is 4.73. The lowest BCUT2D eigenvalue weighted by atomic mass is 10.1. The quantitative estimate of drug-likeness (QED) is 0.690. The van der Waals surface area contributed by atoms with E-state index in [1.165, 1.54) is 9.79 Å². The molecule has 0 spiro atoms. The van der Waals surface area contributed by atoms with Crippen molar-refractivity contribution < 1.29 is 9.47 Å². The summed E-state index contributed by atoms with van der Waals surface area (Å²) in [5, 5.41) is 3.54. The number of benzene rings is 2. The standard InChI is InChI=1S/C17H19NO2S/c1-11(20-12(2)19-3)13-7-6-10-16-17(13)18-14-8-4-5-9-15(14)21-16/h4-12,18H,1-3H3. The minimum absolute atomic E-state index is 0.0340. The Balaban J connectivity index is 1.92. The molecule has 21 heavy (non-hydrogen) atoms. The minimum Gasteiger partial charge on any atom is -0.356 e. The average molecular weight is 301 g/mol. The maximum Gasteiger partial charge on any atom is 0.155 e. The van der Waals surface area contributed by atoms with E-state index in [1.807, 2.05) is 13.0 Å². The highest BCUT2D eigenvalue weighted by Crippen LogP contribution is 2.46. The van der Waals surface area contributed by atoms with Gasteiger partial charge in [-0.3, -0.25) is 0 Å². The van der Waals surface area contributed by atoms with Crippen LogP contribution in [0.4, 0.5) is 11.4 Å². The summed E-state index contributed by atoms with van der Waals surface area (Å²) in [6.07, 6.45) is -0.257. The Labute approximate surface area is 129 Å². The number of hydrogen-bond acceptors (Lipinski definition) is 4. The summed E-state index contributed by atoms with van der Waals surface area (Å²) >= 11 is 1.79. The van der Waals surface area contributed by atoms with Gasteiger partial charge >= 0.3 is 0 Å². The van der Waals surface area contributed by atoms with Gasteiger partial charge in [-0.05, 0) is 32.0 Å². The summed E-state index contributed by atoms with van der Waals surface area (Å²) in [5.41, 5.74) is 3.44. The molecule has 2 unspecified atom stereocenters. The van der Waals surface area contributed by atoms with Crippen molar-refractivity contribution >= 4 is 23.1 Å². The van der Waals surface area contributed by atoms with Crippen molar-refractivity contribution in [2.75, 3.05) is 12.4 Å². The van der Waals surface area contributed by atoms with Gasteiger partial charge in [-0.2, -0.15) is 0 Å². The molecular weight excluding hydrogens is 282 g/mol. The predicted octanol–water partition coefficient (Wildman–Crippen LogP) is 4.96. The highest BCUT2D eigenvalue weighted by Gasteiger charge is 2.21. The van der Waals surface area contributed by atoms with Crippen molar-refractivity contribution in [3.63, 3.8) is 0 Å². The van der Waals surface area contributed by atoms with Gasteiger partial charge in [0.15, 0.2) is 6.29 Å². The minimum atomic E-state index is -0.223. The fraction of sp³-hybridized carbons (Fsp3) is 0.294. The van der Waals surface area contributed by atoms with Crippen molar-refractivity contribution in [1.82, 2.24) is 0 Å². The van der Waals surface area contributed by atoms with Gasteiger partial charge in [0.1, 0.15) is 0 Å². The van der Waals surface area contributed by atoms with Gasteiger partial charge < -0.3 is 14.8 Å². The highest BCUT2D eigenvalue weighted by molar-refractivity contribution is 7.99. The summed E-state index contributed by atoms with van der Waals surface area (Å²) < 4.78 is 11.1. The maximum absolute atomic E-state index is 5.87. The van der Waals surface area contributed by atoms with Crippen molar-refractivity contribution in [1.29, 1.82) is 0 Å². The number of hydrogen-bond donors (Lipinski definition) is 1. The van der Waals surface area contributed by atoms with E-state index in [4.69, 9.17) is 9.47 Å². The monoisotopic (exact) mass is 301 g/mol. The Morgan fingerprint density at radius 1 is 1.00 bits per heavy atom. The summed E-state index contributed by atoms with van der Waals surface area (Å²) in [6.45, 7) is 3.96. The third-order valence-electron chi connectivity index (χ3n) is 3.59. The first-order valence-electron chi connectivity index (χ1n) is 7.04. The largest absolute Gasteiger partial charge is 0.356 e. The van der Waals surface area contributed by atoms with Crippen LogP contribution >= 0.6 is 11.8 Å². The Morgan fingerprint density at radius 3 is 2.57 bits per heavy atom. The summed E-state index contributed by atoms with van der Waals surface area (Å²) in [6, 6.07) is 14.7. The summed E-state index contributed by atoms with van der Waals surface area (Å²) in [7, 11) is 1.65. The van der Waals surface area contributed by atoms with Crippen LogP contribution in [0.5, 0.6) is 0 Å². The first kappa shape index (κ1) is 14.4. The van der Waals surface area contributed by atoms with E-state index < -0.39 is 0 Å². The molecule has 0 saturated carbocycles. The molecule has 2 atom stereocenters. The molecule has 0 saturated heterocycles. The van der Waals surface area contributed by atoms with Crippen LogP contribution in [0.3, 0.4) is 0 Å². The van der Waals surface area contributed by atoms with Crippen LogP contribution in [0.25, 0.3) is 0 Å². The molecule has 2 aromatic carbocycles.